The first-order valence-corrected chi connectivity index (χ1v) is 7.90. The number of fused-ring (bicyclic) bond motifs is 1. The summed E-state index contributed by atoms with van der Waals surface area (Å²) in [7, 11) is 0. The molecule has 1 heterocycles. The highest BCUT2D eigenvalue weighted by molar-refractivity contribution is 6.31. The van der Waals surface area contributed by atoms with Gasteiger partial charge in [-0.3, -0.25) is 4.79 Å². The van der Waals surface area contributed by atoms with E-state index in [0.29, 0.717) is 17.1 Å². The fourth-order valence-corrected chi connectivity index (χ4v) is 2.62. The Kier molecular flexibility index (Phi) is 4.57. The lowest BCUT2D eigenvalue weighted by Gasteiger charge is -2.15. The number of halogens is 1. The molecule has 0 radical (unpaired) electrons. The minimum Gasteiger partial charge on any atom is -0.374 e. The molecule has 0 aliphatic carbocycles. The molecule has 3 aromatic rings. The third kappa shape index (κ3) is 3.60. The van der Waals surface area contributed by atoms with Gasteiger partial charge in [-0.15, -0.1) is 0 Å². The molecule has 4 N–H and O–H groups in total. The number of imidazole rings is 1. The van der Waals surface area contributed by atoms with Gasteiger partial charge in [0.2, 0.25) is 5.91 Å². The van der Waals surface area contributed by atoms with Crippen LogP contribution in [0, 0.1) is 0 Å². The fraction of sp³-hybridized carbons (Fsp3) is 0.176. The number of hydrogen-bond acceptors (Lipinski definition) is 3. The van der Waals surface area contributed by atoms with Crippen LogP contribution in [0.15, 0.2) is 47.3 Å². The molecule has 1 atom stereocenters. The van der Waals surface area contributed by atoms with Gasteiger partial charge in [0, 0.05) is 17.3 Å². The number of benzene rings is 2. The number of carbonyl (C=O) groups is 1. The number of aromatic amines is 2. The standard InChI is InChI=1S/C17H17ClN4O2/c1-10(16(23)19-9-11-4-2-3-5-13(11)18)20-12-6-7-14-15(8-12)22-17(24)21-14/h2-8,10,20H,9H2,1H3,(H,19,23)(H2,21,22,24). The molecule has 0 bridgehead atoms. The molecule has 24 heavy (non-hydrogen) atoms. The van der Waals surface area contributed by atoms with Gasteiger partial charge in [-0.05, 0) is 36.8 Å². The molecule has 7 heteroatoms. The van der Waals surface area contributed by atoms with E-state index in [0.717, 1.165) is 16.8 Å². The van der Waals surface area contributed by atoms with Gasteiger partial charge < -0.3 is 20.6 Å². The third-order valence-corrected chi connectivity index (χ3v) is 4.07. The monoisotopic (exact) mass is 344 g/mol. The molecule has 0 saturated heterocycles. The Bertz CT molecular complexity index is 931. The minimum atomic E-state index is -0.435. The fourth-order valence-electron chi connectivity index (χ4n) is 2.42. The van der Waals surface area contributed by atoms with Gasteiger partial charge in [-0.25, -0.2) is 4.79 Å². The van der Waals surface area contributed by atoms with Gasteiger partial charge in [0.15, 0.2) is 0 Å². The number of H-pyrrole nitrogens is 2. The predicted molar refractivity (Wildman–Crippen MR) is 95.3 cm³/mol. The Morgan fingerprint density at radius 2 is 1.92 bits per heavy atom. The van der Waals surface area contributed by atoms with E-state index in [9.17, 15) is 9.59 Å². The molecule has 3 rings (SSSR count). The molecule has 1 amide bonds. The minimum absolute atomic E-state index is 0.141. The smallest absolute Gasteiger partial charge is 0.323 e. The summed E-state index contributed by atoms with van der Waals surface area (Å²) in [5.74, 6) is -0.141. The van der Waals surface area contributed by atoms with Crippen LogP contribution in [0.25, 0.3) is 11.0 Å². The van der Waals surface area contributed by atoms with Crippen LogP contribution in [-0.4, -0.2) is 21.9 Å². The van der Waals surface area contributed by atoms with E-state index in [-0.39, 0.29) is 11.6 Å². The first-order valence-electron chi connectivity index (χ1n) is 7.52. The highest BCUT2D eigenvalue weighted by atomic mass is 35.5. The predicted octanol–water partition coefficient (Wildman–Crippen LogP) is 2.63. The van der Waals surface area contributed by atoms with Crippen LogP contribution in [0.2, 0.25) is 5.02 Å². The number of carbonyl (C=O) groups excluding carboxylic acids is 1. The molecule has 1 aromatic heterocycles. The summed E-state index contributed by atoms with van der Waals surface area (Å²) in [6.45, 7) is 2.14. The zero-order chi connectivity index (χ0) is 17.1. The summed E-state index contributed by atoms with van der Waals surface area (Å²) >= 11 is 6.08. The number of hydrogen-bond donors (Lipinski definition) is 4. The van der Waals surface area contributed by atoms with Crippen molar-refractivity contribution in [2.75, 3.05) is 5.32 Å². The molecule has 0 aliphatic heterocycles. The van der Waals surface area contributed by atoms with Gasteiger partial charge in [-0.1, -0.05) is 29.8 Å². The van der Waals surface area contributed by atoms with Crippen LogP contribution < -0.4 is 16.3 Å². The average Bonchev–Trinajstić information content (AvgIpc) is 2.93. The summed E-state index contributed by atoms with van der Waals surface area (Å²) < 4.78 is 0. The van der Waals surface area contributed by atoms with Crippen molar-refractivity contribution in [2.45, 2.75) is 19.5 Å². The molecular weight excluding hydrogens is 328 g/mol. The van der Waals surface area contributed by atoms with E-state index in [1.54, 1.807) is 25.1 Å². The van der Waals surface area contributed by atoms with Crippen molar-refractivity contribution in [3.05, 3.63) is 63.5 Å². The van der Waals surface area contributed by atoms with E-state index < -0.39 is 6.04 Å². The Morgan fingerprint density at radius 1 is 1.17 bits per heavy atom. The molecule has 0 spiro atoms. The van der Waals surface area contributed by atoms with Crippen LogP contribution >= 0.6 is 11.6 Å². The highest BCUT2D eigenvalue weighted by Gasteiger charge is 2.13. The lowest BCUT2D eigenvalue weighted by molar-refractivity contribution is -0.121. The molecule has 2 aromatic carbocycles. The first kappa shape index (κ1) is 16.1. The van der Waals surface area contributed by atoms with Gasteiger partial charge in [0.25, 0.3) is 0 Å². The molecular formula is C17H17ClN4O2. The lowest BCUT2D eigenvalue weighted by Crippen LogP contribution is -2.37. The van der Waals surface area contributed by atoms with E-state index in [2.05, 4.69) is 20.6 Å². The highest BCUT2D eigenvalue weighted by Crippen LogP contribution is 2.16. The van der Waals surface area contributed by atoms with Gasteiger partial charge in [0.1, 0.15) is 6.04 Å². The maximum absolute atomic E-state index is 12.2. The van der Waals surface area contributed by atoms with Crippen LogP contribution in [0.5, 0.6) is 0 Å². The van der Waals surface area contributed by atoms with E-state index in [1.807, 2.05) is 24.3 Å². The largest absolute Gasteiger partial charge is 0.374 e. The SMILES string of the molecule is CC(Nc1ccc2[nH]c(=O)[nH]c2c1)C(=O)NCc1ccccc1Cl. The molecule has 1 unspecified atom stereocenters. The quantitative estimate of drug-likeness (QED) is 0.573. The van der Waals surface area contributed by atoms with Crippen molar-refractivity contribution < 1.29 is 4.79 Å². The second-order valence-electron chi connectivity index (χ2n) is 5.51. The Balaban J connectivity index is 1.62. The summed E-state index contributed by atoms with van der Waals surface area (Å²) in [5.41, 5.74) is 2.77. The van der Waals surface area contributed by atoms with Crippen LogP contribution in [0.4, 0.5) is 5.69 Å². The number of rotatable bonds is 5. The molecule has 0 fully saturated rings. The van der Waals surface area contributed by atoms with Crippen molar-refractivity contribution in [1.29, 1.82) is 0 Å². The topological polar surface area (TPSA) is 89.8 Å². The van der Waals surface area contributed by atoms with Crippen LogP contribution in [0.3, 0.4) is 0 Å². The normalized spacial score (nSPS) is 12.1. The first-order chi connectivity index (χ1) is 11.5. The van der Waals surface area contributed by atoms with Crippen molar-refractivity contribution in [3.8, 4) is 0 Å². The molecule has 0 aliphatic rings. The third-order valence-electron chi connectivity index (χ3n) is 3.70. The van der Waals surface area contributed by atoms with Crippen molar-refractivity contribution in [3.63, 3.8) is 0 Å². The lowest BCUT2D eigenvalue weighted by atomic mass is 10.2. The van der Waals surface area contributed by atoms with E-state index in [1.165, 1.54) is 0 Å². The summed E-state index contributed by atoms with van der Waals surface area (Å²) in [6, 6.07) is 12.3. The van der Waals surface area contributed by atoms with Gasteiger partial charge in [-0.2, -0.15) is 0 Å². The van der Waals surface area contributed by atoms with Crippen molar-refractivity contribution >= 4 is 34.2 Å². The number of nitrogens with one attached hydrogen (secondary N) is 4. The van der Waals surface area contributed by atoms with Crippen molar-refractivity contribution in [2.24, 2.45) is 0 Å². The summed E-state index contributed by atoms with van der Waals surface area (Å²) in [5, 5.41) is 6.59. The zero-order valence-corrected chi connectivity index (χ0v) is 13.8. The Labute approximate surface area is 143 Å². The second kappa shape index (κ2) is 6.80. The van der Waals surface area contributed by atoms with Crippen LogP contribution in [0.1, 0.15) is 12.5 Å². The number of anilines is 1. The van der Waals surface area contributed by atoms with Crippen LogP contribution in [-0.2, 0) is 11.3 Å². The molecule has 6 nitrogen and oxygen atoms in total. The summed E-state index contributed by atoms with van der Waals surface area (Å²) in [4.78, 5) is 28.9. The van der Waals surface area contributed by atoms with E-state index >= 15 is 0 Å². The van der Waals surface area contributed by atoms with E-state index in [4.69, 9.17) is 11.6 Å². The Morgan fingerprint density at radius 3 is 2.71 bits per heavy atom. The number of amides is 1. The Hall–Kier alpha value is -2.73. The second-order valence-corrected chi connectivity index (χ2v) is 5.92. The molecule has 124 valence electrons. The number of aromatic nitrogens is 2. The average molecular weight is 345 g/mol. The van der Waals surface area contributed by atoms with Gasteiger partial charge in [0.05, 0.1) is 11.0 Å². The maximum Gasteiger partial charge on any atom is 0.323 e. The maximum atomic E-state index is 12.2. The summed E-state index contributed by atoms with van der Waals surface area (Å²) in [6.07, 6.45) is 0. The zero-order valence-electron chi connectivity index (χ0n) is 13.0. The van der Waals surface area contributed by atoms with Crippen molar-refractivity contribution in [1.82, 2.24) is 15.3 Å². The van der Waals surface area contributed by atoms with Gasteiger partial charge >= 0.3 is 5.69 Å². The molecule has 0 saturated carbocycles.